The van der Waals surface area contributed by atoms with E-state index in [2.05, 4.69) is 4.98 Å². The molecule has 1 fully saturated rings. The molecule has 0 spiro atoms. The zero-order chi connectivity index (χ0) is 12.1. The molecule has 17 heavy (non-hydrogen) atoms. The summed E-state index contributed by atoms with van der Waals surface area (Å²) in [6, 6.07) is 3.39. The molecule has 0 radical (unpaired) electrons. The minimum absolute atomic E-state index is 0.343. The lowest BCUT2D eigenvalue weighted by molar-refractivity contribution is 0.0526. The molecule has 4 nitrogen and oxygen atoms in total. The third kappa shape index (κ3) is 3.73. The van der Waals surface area contributed by atoms with Crippen molar-refractivity contribution >= 4 is 5.97 Å². The predicted octanol–water partition coefficient (Wildman–Crippen LogP) is 2.44. The maximum absolute atomic E-state index is 11.4. The summed E-state index contributed by atoms with van der Waals surface area (Å²) in [5.41, 5.74) is 0.460. The van der Waals surface area contributed by atoms with Crippen LogP contribution in [0.2, 0.25) is 0 Å². The average Bonchev–Trinajstić information content (AvgIpc) is 3.14. The Morgan fingerprint density at radius 3 is 2.88 bits per heavy atom. The minimum atomic E-state index is -0.343. The summed E-state index contributed by atoms with van der Waals surface area (Å²) in [4.78, 5) is 15.4. The van der Waals surface area contributed by atoms with Gasteiger partial charge in [0.15, 0.2) is 0 Å². The average molecular weight is 235 g/mol. The molecule has 0 atom stereocenters. The Morgan fingerprint density at radius 1 is 1.47 bits per heavy atom. The minimum Gasteiger partial charge on any atom is -0.478 e. The van der Waals surface area contributed by atoms with Crippen molar-refractivity contribution in [2.45, 2.75) is 26.2 Å². The molecule has 1 aliphatic carbocycles. The second kappa shape index (κ2) is 5.66. The van der Waals surface area contributed by atoms with E-state index in [1.807, 2.05) is 0 Å². The Kier molecular flexibility index (Phi) is 3.96. The largest absolute Gasteiger partial charge is 0.478 e. The highest BCUT2D eigenvalue weighted by molar-refractivity contribution is 5.89. The molecule has 0 aromatic carbocycles. The predicted molar refractivity (Wildman–Crippen MR) is 63.0 cm³/mol. The van der Waals surface area contributed by atoms with Crippen molar-refractivity contribution in [3.8, 4) is 5.88 Å². The number of carbonyl (C=O) groups is 1. The maximum atomic E-state index is 11.4. The summed E-state index contributed by atoms with van der Waals surface area (Å²) in [5, 5.41) is 0. The third-order valence-electron chi connectivity index (χ3n) is 2.72. The topological polar surface area (TPSA) is 48.4 Å². The van der Waals surface area contributed by atoms with E-state index in [4.69, 9.17) is 9.47 Å². The number of ether oxygens (including phenoxy) is 2. The van der Waals surface area contributed by atoms with E-state index >= 15 is 0 Å². The van der Waals surface area contributed by atoms with Gasteiger partial charge in [-0.05, 0) is 25.3 Å². The molecule has 0 unspecified atom stereocenters. The monoisotopic (exact) mass is 235 g/mol. The lowest BCUT2D eigenvalue weighted by atomic mass is 10.3. The molecule has 4 heteroatoms. The van der Waals surface area contributed by atoms with E-state index in [0.717, 1.165) is 12.3 Å². The summed E-state index contributed by atoms with van der Waals surface area (Å²) >= 11 is 0. The van der Waals surface area contributed by atoms with Crippen LogP contribution in [-0.2, 0) is 4.74 Å². The summed E-state index contributed by atoms with van der Waals surface area (Å²) in [6.45, 7) is 2.86. The van der Waals surface area contributed by atoms with E-state index in [9.17, 15) is 4.79 Å². The van der Waals surface area contributed by atoms with Crippen LogP contribution in [0.15, 0.2) is 18.3 Å². The fraction of sp³-hybridized carbons (Fsp3) is 0.538. The number of hydrogen-bond acceptors (Lipinski definition) is 4. The zero-order valence-corrected chi connectivity index (χ0v) is 10.0. The molecule has 1 aromatic heterocycles. The van der Waals surface area contributed by atoms with Crippen molar-refractivity contribution in [3.63, 3.8) is 0 Å². The van der Waals surface area contributed by atoms with Gasteiger partial charge in [-0.25, -0.2) is 9.78 Å². The van der Waals surface area contributed by atoms with Crippen LogP contribution in [0.5, 0.6) is 5.88 Å². The van der Waals surface area contributed by atoms with Crippen molar-refractivity contribution in [1.29, 1.82) is 0 Å². The van der Waals surface area contributed by atoms with Crippen LogP contribution in [0.25, 0.3) is 0 Å². The van der Waals surface area contributed by atoms with Gasteiger partial charge in [0, 0.05) is 12.3 Å². The summed E-state index contributed by atoms with van der Waals surface area (Å²) < 4.78 is 10.4. The van der Waals surface area contributed by atoms with Crippen LogP contribution >= 0.6 is 0 Å². The Morgan fingerprint density at radius 2 is 2.29 bits per heavy atom. The van der Waals surface area contributed by atoms with Gasteiger partial charge in [-0.3, -0.25) is 0 Å². The van der Waals surface area contributed by atoms with Crippen LogP contribution in [0, 0.1) is 5.92 Å². The Balaban J connectivity index is 1.81. The van der Waals surface area contributed by atoms with Crippen LogP contribution in [0.4, 0.5) is 0 Å². The molecule has 1 aromatic rings. The van der Waals surface area contributed by atoms with Gasteiger partial charge in [0.2, 0.25) is 5.88 Å². The molecule has 0 bridgehead atoms. The summed E-state index contributed by atoms with van der Waals surface area (Å²) in [5.74, 6) is 1.08. The van der Waals surface area contributed by atoms with Crippen LogP contribution in [-0.4, -0.2) is 24.2 Å². The first-order valence-corrected chi connectivity index (χ1v) is 6.05. The highest BCUT2D eigenvalue weighted by atomic mass is 16.5. The molecule has 1 saturated carbocycles. The fourth-order valence-electron chi connectivity index (χ4n) is 1.54. The molecule has 0 amide bonds. The van der Waals surface area contributed by atoms with Gasteiger partial charge in [-0.15, -0.1) is 0 Å². The smallest absolute Gasteiger partial charge is 0.339 e. The Bertz CT molecular complexity index is 371. The van der Waals surface area contributed by atoms with Crippen molar-refractivity contribution in [2.24, 2.45) is 5.92 Å². The highest BCUT2D eigenvalue weighted by Gasteiger charge is 2.20. The zero-order valence-electron chi connectivity index (χ0n) is 10.0. The second-order valence-electron chi connectivity index (χ2n) is 4.19. The first-order valence-electron chi connectivity index (χ1n) is 6.05. The van der Waals surface area contributed by atoms with Gasteiger partial charge in [0.05, 0.1) is 18.8 Å². The van der Waals surface area contributed by atoms with E-state index in [0.29, 0.717) is 24.7 Å². The number of pyridine rings is 1. The van der Waals surface area contributed by atoms with Crippen LogP contribution in [0.3, 0.4) is 0 Å². The van der Waals surface area contributed by atoms with E-state index in [1.165, 1.54) is 19.0 Å². The molecule has 0 saturated heterocycles. The molecule has 0 N–H and O–H groups in total. The molecular formula is C13H17NO3. The first kappa shape index (κ1) is 11.9. The molecular weight excluding hydrogens is 218 g/mol. The molecule has 1 aliphatic rings. The van der Waals surface area contributed by atoms with Crippen molar-refractivity contribution < 1.29 is 14.3 Å². The van der Waals surface area contributed by atoms with Crippen molar-refractivity contribution in [2.75, 3.05) is 13.2 Å². The summed E-state index contributed by atoms with van der Waals surface area (Å²) in [7, 11) is 0. The Hall–Kier alpha value is -1.58. The fourth-order valence-corrected chi connectivity index (χ4v) is 1.54. The molecule has 0 aliphatic heterocycles. The summed E-state index contributed by atoms with van der Waals surface area (Å²) in [6.07, 6.45) is 5.25. The van der Waals surface area contributed by atoms with Gasteiger partial charge >= 0.3 is 5.97 Å². The highest BCUT2D eigenvalue weighted by Crippen LogP contribution is 2.32. The number of aromatic nitrogens is 1. The third-order valence-corrected chi connectivity index (χ3v) is 2.72. The lowest BCUT2D eigenvalue weighted by Gasteiger charge is -2.05. The number of nitrogens with zero attached hydrogens (tertiary/aromatic N) is 1. The first-order chi connectivity index (χ1) is 8.29. The van der Waals surface area contributed by atoms with Gasteiger partial charge in [0.1, 0.15) is 0 Å². The quantitative estimate of drug-likeness (QED) is 0.710. The second-order valence-corrected chi connectivity index (χ2v) is 4.19. The maximum Gasteiger partial charge on any atom is 0.339 e. The molecule has 2 rings (SSSR count). The number of hydrogen-bond donors (Lipinski definition) is 0. The SMILES string of the molecule is CCOC(=O)c1ccc(OCCC2CC2)nc1. The van der Waals surface area contributed by atoms with Crippen LogP contribution < -0.4 is 4.74 Å². The molecule has 1 heterocycles. The lowest BCUT2D eigenvalue weighted by Crippen LogP contribution is -2.06. The number of esters is 1. The van der Waals surface area contributed by atoms with Gasteiger partial charge in [-0.1, -0.05) is 12.8 Å². The number of carbonyl (C=O) groups excluding carboxylic acids is 1. The van der Waals surface area contributed by atoms with Gasteiger partial charge in [0.25, 0.3) is 0 Å². The van der Waals surface area contributed by atoms with Crippen molar-refractivity contribution in [3.05, 3.63) is 23.9 Å². The molecule has 92 valence electrons. The Labute approximate surface area is 101 Å². The standard InChI is InChI=1S/C13H17NO3/c1-2-16-13(15)11-5-6-12(14-9-11)17-8-7-10-3-4-10/h5-6,9-10H,2-4,7-8H2,1H3. The van der Waals surface area contributed by atoms with Gasteiger partial charge < -0.3 is 9.47 Å². The normalized spacial score (nSPS) is 14.4. The number of rotatable bonds is 6. The van der Waals surface area contributed by atoms with Crippen LogP contribution in [0.1, 0.15) is 36.5 Å². The van der Waals surface area contributed by atoms with Gasteiger partial charge in [-0.2, -0.15) is 0 Å². The van der Waals surface area contributed by atoms with E-state index in [1.54, 1.807) is 19.1 Å². The van der Waals surface area contributed by atoms with E-state index < -0.39 is 0 Å². The van der Waals surface area contributed by atoms with E-state index in [-0.39, 0.29) is 5.97 Å². The van der Waals surface area contributed by atoms with Crippen molar-refractivity contribution in [1.82, 2.24) is 4.98 Å².